The van der Waals surface area contributed by atoms with Gasteiger partial charge in [-0.15, -0.1) is 0 Å². The molecule has 0 radical (unpaired) electrons. The molecule has 0 aliphatic carbocycles. The number of anilines is 2. The van der Waals surface area contributed by atoms with E-state index in [1.165, 1.54) is 5.56 Å². The summed E-state index contributed by atoms with van der Waals surface area (Å²) >= 11 is 0. The Balaban J connectivity index is 2.17. The van der Waals surface area contributed by atoms with Gasteiger partial charge in [-0.05, 0) is 30.7 Å². The molecule has 2 aliphatic rings. The van der Waals surface area contributed by atoms with Crippen molar-refractivity contribution < 1.29 is 0 Å². The van der Waals surface area contributed by atoms with Crippen molar-refractivity contribution in [1.82, 2.24) is 5.32 Å². The molecule has 1 aromatic carbocycles. The van der Waals surface area contributed by atoms with Crippen LogP contribution in [0.4, 0.5) is 11.4 Å². The lowest BCUT2D eigenvalue weighted by Crippen LogP contribution is -2.42. The normalized spacial score (nSPS) is 26.2. The minimum Gasteiger partial charge on any atom is -0.399 e. The van der Waals surface area contributed by atoms with Gasteiger partial charge in [0.2, 0.25) is 0 Å². The molecular weight excluding hydrogens is 212 g/mol. The Labute approximate surface area is 101 Å². The van der Waals surface area contributed by atoms with E-state index in [1.807, 2.05) is 6.07 Å². The zero-order valence-corrected chi connectivity index (χ0v) is 9.90. The number of benzene rings is 1. The number of nitrogens with zero attached hydrogens (tertiary/aromatic N) is 2. The van der Waals surface area contributed by atoms with Crippen LogP contribution in [-0.4, -0.2) is 26.2 Å². The molecule has 88 valence electrons. The Hall–Kier alpha value is -1.73. The summed E-state index contributed by atoms with van der Waals surface area (Å²) in [6, 6.07) is 6.59. The van der Waals surface area contributed by atoms with Gasteiger partial charge in [-0.1, -0.05) is 0 Å². The molecule has 0 spiro atoms. The smallest absolute Gasteiger partial charge is 0.101 e. The monoisotopic (exact) mass is 228 g/mol. The Morgan fingerprint density at radius 3 is 3.12 bits per heavy atom. The van der Waals surface area contributed by atoms with Crippen molar-refractivity contribution in [2.24, 2.45) is 0 Å². The molecule has 2 aliphatic heterocycles. The van der Waals surface area contributed by atoms with Gasteiger partial charge in [0.25, 0.3) is 0 Å². The fraction of sp³-hybridized carbons (Fsp3) is 0.462. The van der Waals surface area contributed by atoms with Crippen molar-refractivity contribution in [3.8, 4) is 6.07 Å². The number of likely N-dealkylation sites (N-methyl/N-ethyl adjacent to an activating group) is 1. The standard InChI is InChI=1S/C13H16N4/c1-17-12-2-3-16-7-11(12)10-5-9(15)4-8(6-14)13(10)17/h4-5,11-12,16H,2-3,7,15H2,1H3. The van der Waals surface area contributed by atoms with E-state index in [0.717, 1.165) is 25.2 Å². The summed E-state index contributed by atoms with van der Waals surface area (Å²) in [5.41, 5.74) is 9.61. The Morgan fingerprint density at radius 1 is 1.53 bits per heavy atom. The second-order valence-electron chi connectivity index (χ2n) is 4.90. The van der Waals surface area contributed by atoms with Crippen molar-refractivity contribution in [3.05, 3.63) is 23.3 Å². The summed E-state index contributed by atoms with van der Waals surface area (Å²) in [6.45, 7) is 2.03. The van der Waals surface area contributed by atoms with Crippen molar-refractivity contribution in [1.29, 1.82) is 5.26 Å². The number of nitrogens with one attached hydrogen (secondary N) is 1. The number of hydrogen-bond donors (Lipinski definition) is 2. The fourth-order valence-electron chi connectivity index (χ4n) is 3.23. The molecule has 0 bridgehead atoms. The molecule has 3 N–H and O–H groups in total. The summed E-state index contributed by atoms with van der Waals surface area (Å²) in [7, 11) is 2.09. The number of nitriles is 1. The molecule has 3 rings (SSSR count). The summed E-state index contributed by atoms with van der Waals surface area (Å²) in [6.07, 6.45) is 1.13. The number of fused-ring (bicyclic) bond motifs is 3. The van der Waals surface area contributed by atoms with Crippen LogP contribution in [0.3, 0.4) is 0 Å². The minimum absolute atomic E-state index is 0.472. The van der Waals surface area contributed by atoms with E-state index >= 15 is 0 Å². The fourth-order valence-corrected chi connectivity index (χ4v) is 3.23. The van der Waals surface area contributed by atoms with Crippen molar-refractivity contribution in [2.75, 3.05) is 30.8 Å². The van der Waals surface area contributed by atoms with E-state index in [4.69, 9.17) is 5.73 Å². The third kappa shape index (κ3) is 1.39. The number of nitrogen functional groups attached to an aromatic ring is 1. The van der Waals surface area contributed by atoms with Crippen molar-refractivity contribution in [2.45, 2.75) is 18.4 Å². The summed E-state index contributed by atoms with van der Waals surface area (Å²) < 4.78 is 0. The summed E-state index contributed by atoms with van der Waals surface area (Å²) in [4.78, 5) is 2.26. The largest absolute Gasteiger partial charge is 0.399 e. The lowest BCUT2D eigenvalue weighted by Gasteiger charge is -2.31. The average molecular weight is 228 g/mol. The Morgan fingerprint density at radius 2 is 2.35 bits per heavy atom. The molecule has 1 fully saturated rings. The summed E-state index contributed by atoms with van der Waals surface area (Å²) in [5.74, 6) is 0.472. The van der Waals surface area contributed by atoms with E-state index in [9.17, 15) is 5.26 Å². The first-order chi connectivity index (χ1) is 8.22. The first-order valence-electron chi connectivity index (χ1n) is 5.99. The van der Waals surface area contributed by atoms with Crippen molar-refractivity contribution in [3.63, 3.8) is 0 Å². The SMILES string of the molecule is CN1c2c(C#N)cc(N)cc2C2CNCCC21. The molecule has 0 aromatic heterocycles. The quantitative estimate of drug-likeness (QED) is 0.651. The highest BCUT2D eigenvalue weighted by molar-refractivity contribution is 5.73. The van der Waals surface area contributed by atoms with Gasteiger partial charge in [-0.2, -0.15) is 5.26 Å². The highest BCUT2D eigenvalue weighted by atomic mass is 15.2. The highest BCUT2D eigenvalue weighted by Gasteiger charge is 2.39. The number of hydrogen-bond acceptors (Lipinski definition) is 4. The van der Waals surface area contributed by atoms with Crippen molar-refractivity contribution >= 4 is 11.4 Å². The molecule has 4 nitrogen and oxygen atoms in total. The Bertz CT molecular complexity index is 503. The van der Waals surface area contributed by atoms with Gasteiger partial charge in [0, 0.05) is 31.2 Å². The van der Waals surface area contributed by atoms with E-state index in [0.29, 0.717) is 23.2 Å². The predicted octanol–water partition coefficient (Wildman–Crippen LogP) is 1.04. The second-order valence-corrected chi connectivity index (χ2v) is 4.90. The van der Waals surface area contributed by atoms with Crippen LogP contribution in [0, 0.1) is 11.3 Å². The van der Waals surface area contributed by atoms with Gasteiger partial charge >= 0.3 is 0 Å². The zero-order chi connectivity index (χ0) is 12.0. The number of nitrogens with two attached hydrogens (primary N) is 1. The van der Waals surface area contributed by atoms with Gasteiger partial charge in [-0.3, -0.25) is 0 Å². The van der Waals surface area contributed by atoms with Crippen LogP contribution in [0.2, 0.25) is 0 Å². The van der Waals surface area contributed by atoms with E-state index in [-0.39, 0.29) is 0 Å². The molecular formula is C13H16N4. The molecule has 17 heavy (non-hydrogen) atoms. The van der Waals surface area contributed by atoms with Gasteiger partial charge in [-0.25, -0.2) is 0 Å². The molecule has 0 saturated carbocycles. The maximum absolute atomic E-state index is 9.23. The maximum Gasteiger partial charge on any atom is 0.101 e. The molecule has 2 unspecified atom stereocenters. The van der Waals surface area contributed by atoms with Crippen LogP contribution >= 0.6 is 0 Å². The summed E-state index contributed by atoms with van der Waals surface area (Å²) in [5, 5.41) is 12.7. The van der Waals surface area contributed by atoms with Gasteiger partial charge in [0.15, 0.2) is 0 Å². The molecule has 2 heterocycles. The lowest BCUT2D eigenvalue weighted by molar-refractivity contribution is 0.413. The van der Waals surface area contributed by atoms with Crippen LogP contribution in [0.25, 0.3) is 0 Å². The molecule has 1 saturated heterocycles. The van der Waals surface area contributed by atoms with Gasteiger partial charge < -0.3 is 16.0 Å². The van der Waals surface area contributed by atoms with Crippen LogP contribution in [0.1, 0.15) is 23.5 Å². The van der Waals surface area contributed by atoms with E-state index in [2.05, 4.69) is 23.3 Å². The first kappa shape index (κ1) is 10.4. The average Bonchev–Trinajstić information content (AvgIpc) is 2.63. The van der Waals surface area contributed by atoms with Gasteiger partial charge in [0.05, 0.1) is 11.3 Å². The molecule has 0 amide bonds. The number of piperidine rings is 1. The van der Waals surface area contributed by atoms with Crippen LogP contribution in [0.15, 0.2) is 12.1 Å². The molecule has 4 heteroatoms. The van der Waals surface area contributed by atoms with E-state index in [1.54, 1.807) is 6.07 Å². The maximum atomic E-state index is 9.23. The third-order valence-electron chi connectivity index (χ3n) is 3.98. The lowest BCUT2D eigenvalue weighted by atomic mass is 9.89. The predicted molar refractivity (Wildman–Crippen MR) is 68.0 cm³/mol. The topological polar surface area (TPSA) is 65.1 Å². The Kier molecular flexibility index (Phi) is 2.23. The number of rotatable bonds is 0. The molecule has 2 atom stereocenters. The second kappa shape index (κ2) is 3.64. The third-order valence-corrected chi connectivity index (χ3v) is 3.98. The highest BCUT2D eigenvalue weighted by Crippen LogP contribution is 2.44. The van der Waals surface area contributed by atoms with Crippen LogP contribution < -0.4 is 16.0 Å². The first-order valence-corrected chi connectivity index (χ1v) is 5.99. The van der Waals surface area contributed by atoms with Crippen LogP contribution in [0.5, 0.6) is 0 Å². The minimum atomic E-state index is 0.472. The zero-order valence-electron chi connectivity index (χ0n) is 9.90. The van der Waals surface area contributed by atoms with Gasteiger partial charge in [0.1, 0.15) is 6.07 Å². The molecule has 1 aromatic rings. The van der Waals surface area contributed by atoms with E-state index < -0.39 is 0 Å². The van der Waals surface area contributed by atoms with Crippen LogP contribution in [-0.2, 0) is 0 Å².